The van der Waals surface area contributed by atoms with E-state index in [-0.39, 0.29) is 30.0 Å². The quantitative estimate of drug-likeness (QED) is 0.932. The molecule has 0 aliphatic heterocycles. The lowest BCUT2D eigenvalue weighted by atomic mass is 10.2. The number of rotatable bonds is 4. The van der Waals surface area contributed by atoms with E-state index in [4.69, 9.17) is 4.42 Å². The maximum Gasteiger partial charge on any atom is 0.435 e. The van der Waals surface area contributed by atoms with Gasteiger partial charge in [0.1, 0.15) is 12.3 Å². The molecule has 1 fully saturated rings. The third-order valence-electron chi connectivity index (χ3n) is 4.61. The summed E-state index contributed by atoms with van der Waals surface area (Å²) in [4.78, 5) is 12.2. The van der Waals surface area contributed by atoms with Crippen LogP contribution in [0.4, 0.5) is 13.2 Å². The van der Waals surface area contributed by atoms with Gasteiger partial charge in [0.15, 0.2) is 5.69 Å². The van der Waals surface area contributed by atoms with Crippen LogP contribution < -0.4 is 5.32 Å². The predicted octanol–water partition coefficient (Wildman–Crippen LogP) is 2.66. The van der Waals surface area contributed by atoms with Crippen molar-refractivity contribution in [3.63, 3.8) is 0 Å². The molecule has 0 aromatic carbocycles. The molecule has 0 bridgehead atoms. The van der Waals surface area contributed by atoms with Gasteiger partial charge in [-0.2, -0.15) is 18.3 Å². The van der Waals surface area contributed by atoms with Crippen LogP contribution in [0.15, 0.2) is 22.8 Å². The van der Waals surface area contributed by atoms with E-state index in [1.165, 1.54) is 4.68 Å². The van der Waals surface area contributed by atoms with E-state index in [1.807, 2.05) is 6.07 Å². The summed E-state index contributed by atoms with van der Waals surface area (Å²) >= 11 is 0. The van der Waals surface area contributed by atoms with Gasteiger partial charge in [0.05, 0.1) is 6.26 Å². The summed E-state index contributed by atoms with van der Waals surface area (Å²) in [7, 11) is 0. The van der Waals surface area contributed by atoms with E-state index >= 15 is 0 Å². The Bertz CT molecular complexity index is 764. The summed E-state index contributed by atoms with van der Waals surface area (Å²) in [6, 6.07) is 3.62. The summed E-state index contributed by atoms with van der Waals surface area (Å²) in [6.45, 7) is -0.181. The minimum absolute atomic E-state index is 0.0191. The van der Waals surface area contributed by atoms with Crippen molar-refractivity contribution in [3.8, 4) is 0 Å². The lowest BCUT2D eigenvalue weighted by Gasteiger charge is -2.07. The molecule has 1 amide bonds. The Morgan fingerprint density at radius 3 is 2.96 bits per heavy atom. The van der Waals surface area contributed by atoms with E-state index in [2.05, 4.69) is 10.4 Å². The Morgan fingerprint density at radius 2 is 2.25 bits per heavy atom. The lowest BCUT2D eigenvalue weighted by molar-refractivity contribution is -0.142. The molecule has 0 spiro atoms. The fourth-order valence-corrected chi connectivity index (χ4v) is 3.43. The first-order valence-electron chi connectivity index (χ1n) is 7.92. The summed E-state index contributed by atoms with van der Waals surface area (Å²) in [5.74, 6) is 0.651. The number of furan rings is 1. The van der Waals surface area contributed by atoms with Gasteiger partial charge in [-0.1, -0.05) is 0 Å². The summed E-state index contributed by atoms with van der Waals surface area (Å²) < 4.78 is 45.6. The number of nitrogens with zero attached hydrogens (tertiary/aromatic N) is 2. The third-order valence-corrected chi connectivity index (χ3v) is 4.61. The number of fused-ring (bicyclic) bond motifs is 1. The molecule has 2 heterocycles. The van der Waals surface area contributed by atoms with E-state index in [0.717, 1.165) is 12.2 Å². The molecule has 4 rings (SSSR count). The lowest BCUT2D eigenvalue weighted by Crippen LogP contribution is -2.31. The molecular weight excluding hydrogens is 323 g/mol. The van der Waals surface area contributed by atoms with Crippen molar-refractivity contribution in [2.75, 3.05) is 0 Å². The van der Waals surface area contributed by atoms with Crippen molar-refractivity contribution < 1.29 is 22.4 Å². The molecule has 0 radical (unpaired) electrons. The summed E-state index contributed by atoms with van der Waals surface area (Å²) in [5, 5.41) is 6.49. The Morgan fingerprint density at radius 1 is 1.42 bits per heavy atom. The first kappa shape index (κ1) is 15.3. The van der Waals surface area contributed by atoms with Gasteiger partial charge in [0.25, 0.3) is 0 Å². The molecule has 0 saturated heterocycles. The standard InChI is InChI=1S/C16H16F3N3O2/c17-16(18,19)15-9-3-1-4-12(9)22(21-15)8-14(23)20-11-7-10(11)13-5-2-6-24-13/h2,5-6,10-11H,1,3-4,7-8H2,(H,20,23)/t10-,11-/m1/s1. The number of halogens is 3. The maximum absolute atomic E-state index is 13.0. The van der Waals surface area contributed by atoms with Crippen molar-refractivity contribution in [1.82, 2.24) is 15.1 Å². The second-order valence-corrected chi connectivity index (χ2v) is 6.31. The van der Waals surface area contributed by atoms with Crippen LogP contribution in [0, 0.1) is 0 Å². The van der Waals surface area contributed by atoms with E-state index in [9.17, 15) is 18.0 Å². The summed E-state index contributed by atoms with van der Waals surface area (Å²) in [6.07, 6.45) is -0.542. The molecule has 2 aromatic rings. The third kappa shape index (κ3) is 2.70. The van der Waals surface area contributed by atoms with Crippen molar-refractivity contribution in [2.45, 2.75) is 50.4 Å². The molecule has 2 aliphatic rings. The van der Waals surface area contributed by atoms with Crippen molar-refractivity contribution in [2.24, 2.45) is 0 Å². The number of nitrogens with one attached hydrogen (secondary N) is 1. The number of hydrogen-bond donors (Lipinski definition) is 1. The van der Waals surface area contributed by atoms with E-state index in [0.29, 0.717) is 25.0 Å². The van der Waals surface area contributed by atoms with Gasteiger partial charge in [-0.25, -0.2) is 0 Å². The minimum atomic E-state index is -4.48. The van der Waals surface area contributed by atoms with Crippen molar-refractivity contribution in [3.05, 3.63) is 41.1 Å². The molecule has 24 heavy (non-hydrogen) atoms. The largest absolute Gasteiger partial charge is 0.469 e. The number of alkyl halides is 3. The van der Waals surface area contributed by atoms with Crippen molar-refractivity contribution >= 4 is 5.91 Å². The Kier molecular flexibility index (Phi) is 3.43. The van der Waals surface area contributed by atoms with Crippen LogP contribution in [0.5, 0.6) is 0 Å². The van der Waals surface area contributed by atoms with Gasteiger partial charge in [0.2, 0.25) is 5.91 Å². The van der Waals surface area contributed by atoms with E-state index in [1.54, 1.807) is 12.3 Å². The first-order chi connectivity index (χ1) is 11.4. The fraction of sp³-hybridized carbons (Fsp3) is 0.500. The van der Waals surface area contributed by atoms with Gasteiger partial charge in [-0.3, -0.25) is 9.48 Å². The molecule has 8 heteroatoms. The Hall–Kier alpha value is -2.25. The van der Waals surface area contributed by atoms with Gasteiger partial charge in [0, 0.05) is 23.2 Å². The Balaban J connectivity index is 1.44. The molecule has 2 aliphatic carbocycles. The highest BCUT2D eigenvalue weighted by atomic mass is 19.4. The first-order valence-corrected chi connectivity index (χ1v) is 7.92. The number of amides is 1. The number of aromatic nitrogens is 2. The van der Waals surface area contributed by atoms with Gasteiger partial charge in [-0.15, -0.1) is 0 Å². The number of carbonyl (C=O) groups is 1. The minimum Gasteiger partial charge on any atom is -0.469 e. The molecule has 0 unspecified atom stereocenters. The topological polar surface area (TPSA) is 60.1 Å². The van der Waals surface area contributed by atoms with Crippen LogP contribution in [0.25, 0.3) is 0 Å². The van der Waals surface area contributed by atoms with E-state index < -0.39 is 11.9 Å². The van der Waals surface area contributed by atoms with Crippen LogP contribution in [0.1, 0.15) is 41.5 Å². The van der Waals surface area contributed by atoms with Crippen LogP contribution in [0.2, 0.25) is 0 Å². The van der Waals surface area contributed by atoms with Crippen LogP contribution >= 0.6 is 0 Å². The summed E-state index contributed by atoms with van der Waals surface area (Å²) in [5.41, 5.74) is -0.0614. The Labute approximate surface area is 135 Å². The maximum atomic E-state index is 13.0. The molecule has 128 valence electrons. The second kappa shape index (κ2) is 5.39. The average Bonchev–Trinajstić information content (AvgIpc) is 2.93. The van der Waals surface area contributed by atoms with Crippen molar-refractivity contribution in [1.29, 1.82) is 0 Å². The monoisotopic (exact) mass is 339 g/mol. The highest BCUT2D eigenvalue weighted by molar-refractivity contribution is 5.76. The molecule has 2 aromatic heterocycles. The highest BCUT2D eigenvalue weighted by Crippen LogP contribution is 2.41. The zero-order valence-electron chi connectivity index (χ0n) is 12.8. The normalized spacial score (nSPS) is 22.5. The van der Waals surface area contributed by atoms with Crippen LogP contribution in [0.3, 0.4) is 0 Å². The zero-order chi connectivity index (χ0) is 16.9. The molecule has 1 N–H and O–H groups in total. The SMILES string of the molecule is O=C(Cn1nc(C(F)(F)F)c2c1CCC2)N[C@@H]1C[C@H]1c1ccco1. The average molecular weight is 339 g/mol. The second-order valence-electron chi connectivity index (χ2n) is 6.31. The fourth-order valence-electron chi connectivity index (χ4n) is 3.43. The van der Waals surface area contributed by atoms with Gasteiger partial charge in [-0.05, 0) is 37.8 Å². The smallest absolute Gasteiger partial charge is 0.435 e. The molecule has 5 nitrogen and oxygen atoms in total. The number of carbonyl (C=O) groups excluding carboxylic acids is 1. The van der Waals surface area contributed by atoms with Gasteiger partial charge >= 0.3 is 6.18 Å². The highest BCUT2D eigenvalue weighted by Gasteiger charge is 2.42. The molecular formula is C16H16F3N3O2. The number of hydrogen-bond acceptors (Lipinski definition) is 3. The zero-order valence-corrected chi connectivity index (χ0v) is 12.8. The molecule has 2 atom stereocenters. The van der Waals surface area contributed by atoms with Crippen LogP contribution in [-0.2, 0) is 30.4 Å². The predicted molar refractivity (Wildman–Crippen MR) is 77.3 cm³/mol. The van der Waals surface area contributed by atoms with Crippen LogP contribution in [-0.4, -0.2) is 21.7 Å². The van der Waals surface area contributed by atoms with Gasteiger partial charge < -0.3 is 9.73 Å². The molecule has 1 saturated carbocycles.